The molecule has 0 amide bonds. The molecule has 20 heavy (non-hydrogen) atoms. The van der Waals surface area contributed by atoms with E-state index in [2.05, 4.69) is 15.5 Å². The van der Waals surface area contributed by atoms with E-state index in [0.717, 1.165) is 24.8 Å². The van der Waals surface area contributed by atoms with Gasteiger partial charge in [-0.1, -0.05) is 11.6 Å². The number of tetrazole rings is 1. The molecule has 2 aliphatic rings. The molecule has 2 bridgehead atoms. The largest absolute Gasteiger partial charge is 0.398 e. The third-order valence-electron chi connectivity index (χ3n) is 4.14. The molecule has 2 fully saturated rings. The number of aromatic nitrogens is 4. The van der Waals surface area contributed by atoms with Crippen molar-refractivity contribution in [3.05, 3.63) is 23.2 Å². The number of rotatable bonds is 2. The second-order valence-electron chi connectivity index (χ2n) is 5.36. The van der Waals surface area contributed by atoms with Crippen LogP contribution >= 0.6 is 11.6 Å². The zero-order valence-corrected chi connectivity index (χ0v) is 11.5. The first-order valence-corrected chi connectivity index (χ1v) is 7.09. The molecule has 0 radical (unpaired) electrons. The Hall–Kier alpha value is -1.66. The Bertz CT molecular complexity index is 658. The fourth-order valence-corrected chi connectivity index (χ4v) is 3.36. The van der Waals surface area contributed by atoms with Crippen molar-refractivity contribution in [2.45, 2.75) is 37.5 Å². The van der Waals surface area contributed by atoms with E-state index in [4.69, 9.17) is 22.1 Å². The fourth-order valence-electron chi connectivity index (χ4n) is 3.18. The normalized spacial score (nSPS) is 28.1. The summed E-state index contributed by atoms with van der Waals surface area (Å²) in [7, 11) is 0. The molecule has 2 N–H and O–H groups in total. The molecule has 1 aromatic heterocycles. The highest BCUT2D eigenvalue weighted by Gasteiger charge is 2.43. The van der Waals surface area contributed by atoms with Gasteiger partial charge >= 0.3 is 0 Å². The summed E-state index contributed by atoms with van der Waals surface area (Å²) >= 11 is 6.05. The van der Waals surface area contributed by atoms with Crippen LogP contribution in [0.2, 0.25) is 5.02 Å². The van der Waals surface area contributed by atoms with E-state index < -0.39 is 0 Å². The van der Waals surface area contributed by atoms with Crippen molar-refractivity contribution in [2.24, 2.45) is 0 Å². The molecular formula is C13H14ClN5O. The summed E-state index contributed by atoms with van der Waals surface area (Å²) in [5.74, 6) is 0.658. The first kappa shape index (κ1) is 12.1. The summed E-state index contributed by atoms with van der Waals surface area (Å²) in [4.78, 5) is 0. The minimum absolute atomic E-state index is 0.192. The van der Waals surface area contributed by atoms with Crippen molar-refractivity contribution in [3.8, 4) is 11.4 Å². The summed E-state index contributed by atoms with van der Waals surface area (Å²) in [6, 6.07) is 5.52. The SMILES string of the molecule is Nc1ccc(Cl)cc1-c1nnnn1C1CC2CCC1O2. The van der Waals surface area contributed by atoms with Crippen molar-refractivity contribution in [2.75, 3.05) is 5.73 Å². The lowest BCUT2D eigenvalue weighted by molar-refractivity contribution is 0.0922. The van der Waals surface area contributed by atoms with Crippen LogP contribution in [-0.4, -0.2) is 32.4 Å². The number of halogens is 1. The topological polar surface area (TPSA) is 78.9 Å². The third kappa shape index (κ3) is 1.79. The highest BCUT2D eigenvalue weighted by Crippen LogP contribution is 2.42. The monoisotopic (exact) mass is 291 g/mol. The van der Waals surface area contributed by atoms with Crippen molar-refractivity contribution in [3.63, 3.8) is 0 Å². The van der Waals surface area contributed by atoms with Gasteiger partial charge in [-0.3, -0.25) is 0 Å². The van der Waals surface area contributed by atoms with E-state index in [9.17, 15) is 0 Å². The van der Waals surface area contributed by atoms with Crippen molar-refractivity contribution >= 4 is 17.3 Å². The van der Waals surface area contributed by atoms with Crippen molar-refractivity contribution < 1.29 is 4.74 Å². The average molecular weight is 292 g/mol. The number of nitrogens with zero attached hydrogens (tertiary/aromatic N) is 4. The maximum Gasteiger partial charge on any atom is 0.184 e. The van der Waals surface area contributed by atoms with E-state index in [1.54, 1.807) is 18.2 Å². The zero-order chi connectivity index (χ0) is 13.7. The van der Waals surface area contributed by atoms with Gasteiger partial charge in [0.05, 0.1) is 18.2 Å². The molecule has 4 rings (SSSR count). The number of anilines is 1. The van der Waals surface area contributed by atoms with Gasteiger partial charge < -0.3 is 10.5 Å². The number of benzene rings is 1. The number of ether oxygens (including phenoxy) is 1. The Morgan fingerprint density at radius 1 is 1.35 bits per heavy atom. The van der Waals surface area contributed by atoms with Crippen LogP contribution in [0.15, 0.2) is 18.2 Å². The Morgan fingerprint density at radius 3 is 3.00 bits per heavy atom. The molecule has 3 atom stereocenters. The predicted octanol–water partition coefficient (Wildman–Crippen LogP) is 2.07. The third-order valence-corrected chi connectivity index (χ3v) is 4.37. The molecule has 0 aliphatic carbocycles. The molecule has 2 aliphatic heterocycles. The molecule has 7 heteroatoms. The lowest BCUT2D eigenvalue weighted by Gasteiger charge is -2.19. The number of nitrogen functional groups attached to an aromatic ring is 1. The minimum atomic E-state index is 0.192. The number of fused-ring (bicyclic) bond motifs is 2. The van der Waals surface area contributed by atoms with Gasteiger partial charge in [-0.25, -0.2) is 4.68 Å². The molecule has 6 nitrogen and oxygen atoms in total. The van der Waals surface area contributed by atoms with E-state index in [0.29, 0.717) is 22.6 Å². The second kappa shape index (κ2) is 4.43. The van der Waals surface area contributed by atoms with Crippen LogP contribution in [0.3, 0.4) is 0 Å². The predicted molar refractivity (Wildman–Crippen MR) is 74.2 cm³/mol. The van der Waals surface area contributed by atoms with E-state index >= 15 is 0 Å². The summed E-state index contributed by atoms with van der Waals surface area (Å²) < 4.78 is 7.72. The highest BCUT2D eigenvalue weighted by molar-refractivity contribution is 6.31. The van der Waals surface area contributed by atoms with Gasteiger partial charge in [0.15, 0.2) is 5.82 Å². The Balaban J connectivity index is 1.77. The number of hydrogen-bond donors (Lipinski definition) is 1. The lowest BCUT2D eigenvalue weighted by atomic mass is 9.95. The van der Waals surface area contributed by atoms with Gasteiger partial charge in [0.25, 0.3) is 0 Å². The standard InChI is InChI=1S/C13H14ClN5O/c14-7-1-3-10(15)9(5-7)13-16-17-18-19(13)11-6-8-2-4-12(11)20-8/h1,3,5,8,11-12H,2,4,6,15H2. The van der Waals surface area contributed by atoms with Crippen LogP contribution in [0.1, 0.15) is 25.3 Å². The van der Waals surface area contributed by atoms with E-state index in [1.165, 1.54) is 0 Å². The summed E-state index contributed by atoms with van der Waals surface area (Å²) in [5, 5.41) is 12.7. The molecule has 104 valence electrons. The summed E-state index contributed by atoms with van der Waals surface area (Å²) in [6.07, 6.45) is 3.72. The average Bonchev–Trinajstić information content (AvgIpc) is 3.15. The first-order chi connectivity index (χ1) is 9.72. The molecule has 3 heterocycles. The van der Waals surface area contributed by atoms with Crippen molar-refractivity contribution in [1.29, 1.82) is 0 Å². The van der Waals surface area contributed by atoms with E-state index in [1.807, 2.05) is 4.68 Å². The Morgan fingerprint density at radius 2 is 2.25 bits per heavy atom. The first-order valence-electron chi connectivity index (χ1n) is 6.71. The van der Waals surface area contributed by atoms with Crippen LogP contribution in [0.25, 0.3) is 11.4 Å². The molecular weight excluding hydrogens is 278 g/mol. The summed E-state index contributed by atoms with van der Waals surface area (Å²) in [5.41, 5.74) is 7.41. The van der Waals surface area contributed by atoms with Crippen LogP contribution < -0.4 is 5.73 Å². The molecule has 0 saturated carbocycles. The number of hydrogen-bond acceptors (Lipinski definition) is 5. The fraction of sp³-hybridized carbons (Fsp3) is 0.462. The molecule has 3 unspecified atom stereocenters. The highest BCUT2D eigenvalue weighted by atomic mass is 35.5. The van der Waals surface area contributed by atoms with Crippen LogP contribution in [-0.2, 0) is 4.74 Å². The van der Waals surface area contributed by atoms with Gasteiger partial charge in [0.2, 0.25) is 0 Å². The number of nitrogens with two attached hydrogens (primary N) is 1. The van der Waals surface area contributed by atoms with Crippen LogP contribution in [0.4, 0.5) is 5.69 Å². The molecule has 0 spiro atoms. The Labute approximate surface area is 120 Å². The lowest BCUT2D eigenvalue weighted by Crippen LogP contribution is -2.23. The maximum absolute atomic E-state index is 6.05. The molecule has 2 saturated heterocycles. The summed E-state index contributed by atoms with van der Waals surface area (Å²) in [6.45, 7) is 0. The van der Waals surface area contributed by atoms with Crippen molar-refractivity contribution in [1.82, 2.24) is 20.2 Å². The maximum atomic E-state index is 6.05. The Kier molecular flexibility index (Phi) is 2.68. The molecule has 2 aromatic rings. The van der Waals surface area contributed by atoms with Gasteiger partial charge in [0, 0.05) is 16.3 Å². The molecule has 1 aromatic carbocycles. The van der Waals surface area contributed by atoms with Gasteiger partial charge in [-0.05, 0) is 47.9 Å². The van der Waals surface area contributed by atoms with Crippen LogP contribution in [0.5, 0.6) is 0 Å². The smallest absolute Gasteiger partial charge is 0.184 e. The second-order valence-corrected chi connectivity index (χ2v) is 5.79. The minimum Gasteiger partial charge on any atom is -0.398 e. The van der Waals surface area contributed by atoms with Gasteiger partial charge in [-0.15, -0.1) is 5.10 Å². The quantitative estimate of drug-likeness (QED) is 0.857. The van der Waals surface area contributed by atoms with Gasteiger partial charge in [0.1, 0.15) is 0 Å². The van der Waals surface area contributed by atoms with Gasteiger partial charge in [-0.2, -0.15) is 0 Å². The zero-order valence-electron chi connectivity index (χ0n) is 10.7. The van der Waals surface area contributed by atoms with Crippen LogP contribution in [0, 0.1) is 0 Å². The van der Waals surface area contributed by atoms with E-state index in [-0.39, 0.29) is 12.1 Å².